The van der Waals surface area contributed by atoms with Gasteiger partial charge in [0.15, 0.2) is 0 Å². The van der Waals surface area contributed by atoms with Gasteiger partial charge in [0.1, 0.15) is 5.82 Å². The molecule has 1 N–H and O–H groups in total. The molecule has 5 heteroatoms. The van der Waals surface area contributed by atoms with Crippen molar-refractivity contribution in [3.8, 4) is 0 Å². The molecule has 1 aliphatic carbocycles. The number of aromatic nitrogens is 2. The van der Waals surface area contributed by atoms with Crippen molar-refractivity contribution in [1.29, 1.82) is 0 Å². The summed E-state index contributed by atoms with van der Waals surface area (Å²) in [6.07, 6.45) is 3.61. The normalized spacial score (nSPS) is 27.0. The van der Waals surface area contributed by atoms with E-state index < -0.39 is 0 Å². The Morgan fingerprint density at radius 3 is 2.81 bits per heavy atom. The van der Waals surface area contributed by atoms with Crippen LogP contribution in [0.15, 0.2) is 0 Å². The van der Waals surface area contributed by atoms with Crippen LogP contribution in [0.4, 0.5) is 0 Å². The molecular formula is C16H25N5. The first-order valence-electron chi connectivity index (χ1n) is 8.19. The molecule has 0 amide bonds. The van der Waals surface area contributed by atoms with E-state index in [4.69, 9.17) is 9.97 Å². The molecule has 0 spiro atoms. The summed E-state index contributed by atoms with van der Waals surface area (Å²) >= 11 is 0. The van der Waals surface area contributed by atoms with Crippen LogP contribution in [0.1, 0.15) is 41.5 Å². The van der Waals surface area contributed by atoms with Gasteiger partial charge < -0.3 is 15.1 Å². The molecule has 3 aliphatic rings. The van der Waals surface area contributed by atoms with Gasteiger partial charge >= 0.3 is 0 Å². The van der Waals surface area contributed by atoms with Crippen LogP contribution in [-0.4, -0.2) is 59.5 Å². The van der Waals surface area contributed by atoms with E-state index in [9.17, 15) is 0 Å². The maximum Gasteiger partial charge on any atom is 0.130 e. The highest BCUT2D eigenvalue weighted by atomic mass is 15.3. The molecule has 114 valence electrons. The molecule has 1 saturated carbocycles. The van der Waals surface area contributed by atoms with Crippen LogP contribution < -0.4 is 5.32 Å². The highest BCUT2D eigenvalue weighted by Gasteiger charge is 2.32. The topological polar surface area (TPSA) is 44.3 Å². The second kappa shape index (κ2) is 5.30. The zero-order valence-corrected chi connectivity index (χ0v) is 13.1. The van der Waals surface area contributed by atoms with Gasteiger partial charge in [-0.1, -0.05) is 0 Å². The van der Waals surface area contributed by atoms with Crippen molar-refractivity contribution in [3.05, 3.63) is 22.8 Å². The molecule has 21 heavy (non-hydrogen) atoms. The summed E-state index contributed by atoms with van der Waals surface area (Å²) in [6, 6.07) is 0.545. The van der Waals surface area contributed by atoms with E-state index in [0.717, 1.165) is 45.0 Å². The molecule has 0 aromatic carbocycles. The molecule has 1 atom stereocenters. The molecule has 1 saturated heterocycles. The number of hydrogen-bond acceptors (Lipinski definition) is 5. The fourth-order valence-corrected chi connectivity index (χ4v) is 3.57. The van der Waals surface area contributed by atoms with Crippen LogP contribution in [0.25, 0.3) is 0 Å². The molecule has 0 radical (unpaired) electrons. The van der Waals surface area contributed by atoms with E-state index >= 15 is 0 Å². The second-order valence-electron chi connectivity index (χ2n) is 6.93. The van der Waals surface area contributed by atoms with Gasteiger partial charge in [-0.3, -0.25) is 0 Å². The molecular weight excluding hydrogens is 262 g/mol. The summed E-state index contributed by atoms with van der Waals surface area (Å²) < 4.78 is 0. The van der Waals surface area contributed by atoms with E-state index in [1.54, 1.807) is 0 Å². The third kappa shape index (κ3) is 2.70. The Balaban J connectivity index is 1.59. The smallest absolute Gasteiger partial charge is 0.130 e. The minimum Gasteiger partial charge on any atom is -0.307 e. The summed E-state index contributed by atoms with van der Waals surface area (Å²) in [5, 5.41) is 3.44. The lowest BCUT2D eigenvalue weighted by Crippen LogP contribution is -2.51. The number of hydrogen-bond donors (Lipinski definition) is 1. The Kier molecular flexibility index (Phi) is 3.44. The van der Waals surface area contributed by atoms with Gasteiger partial charge in [-0.05, 0) is 26.9 Å². The number of fused-ring (bicyclic) bond motifs is 1. The van der Waals surface area contributed by atoms with Crippen molar-refractivity contribution < 1.29 is 0 Å². The summed E-state index contributed by atoms with van der Waals surface area (Å²) in [4.78, 5) is 14.7. The Labute approximate surface area is 126 Å². The van der Waals surface area contributed by atoms with Crippen molar-refractivity contribution in [1.82, 2.24) is 25.1 Å². The van der Waals surface area contributed by atoms with Crippen LogP contribution in [0.5, 0.6) is 0 Å². The first-order chi connectivity index (χ1) is 10.2. The molecule has 5 nitrogen and oxygen atoms in total. The van der Waals surface area contributed by atoms with Crippen molar-refractivity contribution in [3.63, 3.8) is 0 Å². The van der Waals surface area contributed by atoms with Crippen molar-refractivity contribution in [2.24, 2.45) is 0 Å². The molecule has 1 aromatic rings. The van der Waals surface area contributed by atoms with E-state index in [1.165, 1.54) is 29.8 Å². The number of rotatable bonds is 3. The quantitative estimate of drug-likeness (QED) is 0.888. The second-order valence-corrected chi connectivity index (χ2v) is 6.93. The number of likely N-dealkylation sites (N-methyl/N-ethyl adjacent to an activating group) is 2. The summed E-state index contributed by atoms with van der Waals surface area (Å²) in [5.41, 5.74) is 4.01. The maximum absolute atomic E-state index is 4.96. The van der Waals surface area contributed by atoms with Gasteiger partial charge in [-0.15, -0.1) is 0 Å². The number of piperazine rings is 1. The lowest BCUT2D eigenvalue weighted by molar-refractivity contribution is 0.113. The summed E-state index contributed by atoms with van der Waals surface area (Å²) in [5.74, 6) is 1.78. The van der Waals surface area contributed by atoms with Gasteiger partial charge in [-0.25, -0.2) is 9.97 Å². The molecule has 2 fully saturated rings. The van der Waals surface area contributed by atoms with Gasteiger partial charge in [0, 0.05) is 56.7 Å². The third-order valence-corrected chi connectivity index (χ3v) is 5.13. The fourth-order valence-electron chi connectivity index (χ4n) is 3.57. The first-order valence-corrected chi connectivity index (χ1v) is 8.19. The van der Waals surface area contributed by atoms with Crippen LogP contribution >= 0.6 is 0 Å². The lowest BCUT2D eigenvalue weighted by Gasteiger charge is -2.37. The van der Waals surface area contributed by atoms with Crippen LogP contribution in [-0.2, 0) is 19.5 Å². The maximum atomic E-state index is 4.96. The molecule has 0 bridgehead atoms. The molecule has 1 aromatic heterocycles. The predicted molar refractivity (Wildman–Crippen MR) is 82.2 cm³/mol. The highest BCUT2D eigenvalue weighted by molar-refractivity contribution is 5.34. The van der Waals surface area contributed by atoms with Crippen LogP contribution in [0.3, 0.4) is 0 Å². The lowest BCUT2D eigenvalue weighted by atomic mass is 10.1. The summed E-state index contributed by atoms with van der Waals surface area (Å²) in [6.45, 7) is 5.31. The van der Waals surface area contributed by atoms with Crippen molar-refractivity contribution >= 4 is 0 Å². The number of nitrogens with one attached hydrogen (secondary N) is 1. The Hall–Kier alpha value is -1.04. The average Bonchev–Trinajstić information content (AvgIpc) is 3.20. The fraction of sp³-hybridized carbons (Fsp3) is 0.750. The van der Waals surface area contributed by atoms with E-state index in [1.807, 2.05) is 0 Å². The largest absolute Gasteiger partial charge is 0.307 e. The SMILES string of the molecule is CN1CCN(C)C(Cc2nc3c(c(C4CC4)n2)CNC3)C1. The van der Waals surface area contributed by atoms with Crippen LogP contribution in [0, 0.1) is 0 Å². The average molecular weight is 287 g/mol. The monoisotopic (exact) mass is 287 g/mol. The number of nitrogens with zero attached hydrogens (tertiary/aromatic N) is 4. The Bertz CT molecular complexity index is 540. The van der Waals surface area contributed by atoms with Gasteiger partial charge in [0.25, 0.3) is 0 Å². The molecule has 1 unspecified atom stereocenters. The first kappa shape index (κ1) is 13.6. The van der Waals surface area contributed by atoms with Gasteiger partial charge in [0.05, 0.1) is 11.4 Å². The van der Waals surface area contributed by atoms with E-state index in [0.29, 0.717) is 12.0 Å². The minimum atomic E-state index is 0.545. The molecule has 3 heterocycles. The van der Waals surface area contributed by atoms with Crippen molar-refractivity contribution in [2.75, 3.05) is 33.7 Å². The predicted octanol–water partition coefficient (Wildman–Crippen LogP) is 0.745. The zero-order valence-electron chi connectivity index (χ0n) is 13.1. The Morgan fingerprint density at radius 2 is 2.00 bits per heavy atom. The van der Waals surface area contributed by atoms with Gasteiger partial charge in [-0.2, -0.15) is 0 Å². The van der Waals surface area contributed by atoms with Crippen LogP contribution in [0.2, 0.25) is 0 Å². The van der Waals surface area contributed by atoms with E-state index in [-0.39, 0.29) is 0 Å². The molecule has 4 rings (SSSR count). The zero-order chi connectivity index (χ0) is 14.4. The Morgan fingerprint density at radius 1 is 1.14 bits per heavy atom. The standard InChI is InChI=1S/C16H25N5/c1-20-5-6-21(2)12(10-20)7-15-18-14-9-17-8-13(14)16(19-15)11-3-4-11/h11-12,17H,3-10H2,1-2H3. The minimum absolute atomic E-state index is 0.545. The highest BCUT2D eigenvalue weighted by Crippen LogP contribution is 2.41. The summed E-state index contributed by atoms with van der Waals surface area (Å²) in [7, 11) is 4.44. The third-order valence-electron chi connectivity index (χ3n) is 5.13. The van der Waals surface area contributed by atoms with Gasteiger partial charge in [0.2, 0.25) is 0 Å². The van der Waals surface area contributed by atoms with Crippen molar-refractivity contribution in [2.45, 2.75) is 44.3 Å². The van der Waals surface area contributed by atoms with E-state index in [2.05, 4.69) is 29.2 Å². The molecule has 2 aliphatic heterocycles.